The highest BCUT2D eigenvalue weighted by atomic mass is 32.1. The molecule has 5 heterocycles. The first-order valence-corrected chi connectivity index (χ1v) is 12.2. The number of nitrogens with one attached hydrogen (secondary N) is 1. The summed E-state index contributed by atoms with van der Waals surface area (Å²) in [5.74, 6) is 0.382. The normalized spacial score (nSPS) is 16.2. The number of aromatic nitrogens is 6. The highest BCUT2D eigenvalue weighted by Crippen LogP contribution is 2.39. The van der Waals surface area contributed by atoms with Crippen molar-refractivity contribution < 1.29 is 13.2 Å². The maximum absolute atomic E-state index is 13.6. The second kappa shape index (κ2) is 8.77. The van der Waals surface area contributed by atoms with Gasteiger partial charge in [0.2, 0.25) is 0 Å². The van der Waals surface area contributed by atoms with Crippen molar-refractivity contribution in [1.29, 1.82) is 0 Å². The van der Waals surface area contributed by atoms with Crippen molar-refractivity contribution in [2.45, 2.75) is 58.2 Å². The lowest BCUT2D eigenvalue weighted by atomic mass is 9.95. The van der Waals surface area contributed by atoms with E-state index in [4.69, 9.17) is 0 Å². The van der Waals surface area contributed by atoms with Gasteiger partial charge in [-0.25, -0.2) is 14.5 Å². The third-order valence-corrected chi connectivity index (χ3v) is 7.65. The zero-order valence-electron chi connectivity index (χ0n) is 19.2. The molecule has 1 saturated heterocycles. The van der Waals surface area contributed by atoms with Crippen molar-refractivity contribution in [3.8, 4) is 22.0 Å². The Hall–Kier alpha value is -2.79. The van der Waals surface area contributed by atoms with E-state index in [-0.39, 0.29) is 11.3 Å². The van der Waals surface area contributed by atoms with Crippen LogP contribution in [0, 0.1) is 6.92 Å². The molecule has 4 aromatic heterocycles. The van der Waals surface area contributed by atoms with E-state index in [2.05, 4.69) is 44.0 Å². The first-order chi connectivity index (χ1) is 16.2. The number of fused-ring (bicyclic) bond motifs is 1. The molecular weight excluding hydrogens is 463 g/mol. The molecule has 7 nitrogen and oxygen atoms in total. The van der Waals surface area contributed by atoms with Gasteiger partial charge < -0.3 is 4.90 Å². The molecule has 11 heteroatoms. The van der Waals surface area contributed by atoms with E-state index >= 15 is 0 Å². The topological polar surface area (TPSA) is 75.0 Å². The number of likely N-dealkylation sites (tertiary alicyclic amines) is 1. The molecule has 0 aliphatic carbocycles. The third-order valence-electron chi connectivity index (χ3n) is 6.48. The Morgan fingerprint density at radius 1 is 1.21 bits per heavy atom. The highest BCUT2D eigenvalue weighted by molar-refractivity contribution is 7.15. The zero-order chi connectivity index (χ0) is 24.0. The molecule has 0 unspecified atom stereocenters. The SMILES string of the molecule is Cc1cc(-c2n[nH]c(-c3ncc(C4CCN(C(C)C)CC4)s3)c2CC(F)(F)F)cn2ncnc12. The summed E-state index contributed by atoms with van der Waals surface area (Å²) in [6.07, 6.45) is 1.47. The zero-order valence-corrected chi connectivity index (χ0v) is 20.0. The van der Waals surface area contributed by atoms with E-state index in [1.807, 2.05) is 13.1 Å². The molecule has 1 aliphatic heterocycles. The van der Waals surface area contributed by atoms with Crippen molar-refractivity contribution >= 4 is 17.0 Å². The monoisotopic (exact) mass is 489 g/mol. The second-order valence-corrected chi connectivity index (χ2v) is 10.2. The Bertz CT molecular complexity index is 1300. The van der Waals surface area contributed by atoms with Gasteiger partial charge in [0.25, 0.3) is 0 Å². The van der Waals surface area contributed by atoms with E-state index in [0.717, 1.165) is 36.4 Å². The average molecular weight is 490 g/mol. The summed E-state index contributed by atoms with van der Waals surface area (Å²) in [6.45, 7) is 8.29. The van der Waals surface area contributed by atoms with Crippen molar-refractivity contribution in [3.63, 3.8) is 0 Å². The molecule has 0 amide bonds. The molecule has 0 saturated carbocycles. The number of rotatable bonds is 5. The van der Waals surface area contributed by atoms with Gasteiger partial charge in [0, 0.05) is 34.4 Å². The van der Waals surface area contributed by atoms with Gasteiger partial charge in [-0.2, -0.15) is 23.4 Å². The summed E-state index contributed by atoms with van der Waals surface area (Å²) in [7, 11) is 0. The third kappa shape index (κ3) is 4.46. The number of pyridine rings is 1. The number of H-pyrrole nitrogens is 1. The van der Waals surface area contributed by atoms with Crippen LogP contribution < -0.4 is 0 Å². The Balaban J connectivity index is 1.49. The summed E-state index contributed by atoms with van der Waals surface area (Å²) in [5, 5.41) is 11.8. The van der Waals surface area contributed by atoms with Crippen molar-refractivity contribution in [1.82, 2.24) is 34.7 Å². The minimum absolute atomic E-state index is 0.0990. The van der Waals surface area contributed by atoms with Crippen LogP contribution in [0.4, 0.5) is 13.2 Å². The average Bonchev–Trinajstić information content (AvgIpc) is 3.52. The number of hydrogen-bond acceptors (Lipinski definition) is 6. The molecule has 0 bridgehead atoms. The Kier molecular flexibility index (Phi) is 5.93. The van der Waals surface area contributed by atoms with Gasteiger partial charge in [-0.3, -0.25) is 5.10 Å². The number of nitrogens with zero attached hydrogens (tertiary/aromatic N) is 6. The summed E-state index contributed by atoms with van der Waals surface area (Å²) in [6, 6.07) is 2.31. The number of hydrogen-bond donors (Lipinski definition) is 1. The van der Waals surface area contributed by atoms with Crippen LogP contribution >= 0.6 is 11.3 Å². The molecule has 1 fully saturated rings. The molecule has 1 N–H and O–H groups in total. The number of piperidine rings is 1. The molecule has 1 aliphatic rings. The van der Waals surface area contributed by atoms with Crippen LogP contribution in [-0.2, 0) is 6.42 Å². The molecule has 4 aromatic rings. The summed E-state index contributed by atoms with van der Waals surface area (Å²) in [5.41, 5.74) is 2.71. The molecule has 5 rings (SSSR count). The van der Waals surface area contributed by atoms with Crippen molar-refractivity contribution in [3.05, 3.63) is 40.8 Å². The van der Waals surface area contributed by atoms with Crippen LogP contribution in [0.1, 0.15) is 48.6 Å². The lowest BCUT2D eigenvalue weighted by Crippen LogP contribution is -2.37. The molecule has 0 aromatic carbocycles. The van der Waals surface area contributed by atoms with Gasteiger partial charge in [0.05, 0.1) is 17.8 Å². The van der Waals surface area contributed by atoms with Gasteiger partial charge in [-0.05, 0) is 64.3 Å². The molecule has 0 atom stereocenters. The van der Waals surface area contributed by atoms with Gasteiger partial charge in [-0.1, -0.05) is 0 Å². The van der Waals surface area contributed by atoms with Crippen LogP contribution in [0.25, 0.3) is 27.6 Å². The smallest absolute Gasteiger partial charge is 0.301 e. The van der Waals surface area contributed by atoms with Crippen molar-refractivity contribution in [2.24, 2.45) is 0 Å². The predicted molar refractivity (Wildman–Crippen MR) is 125 cm³/mol. The number of halogens is 3. The first kappa shape index (κ1) is 23.0. The fraction of sp³-hybridized carbons (Fsp3) is 0.478. The lowest BCUT2D eigenvalue weighted by molar-refractivity contribution is -0.127. The van der Waals surface area contributed by atoms with E-state index in [1.165, 1.54) is 17.7 Å². The van der Waals surface area contributed by atoms with E-state index in [0.29, 0.717) is 33.9 Å². The van der Waals surface area contributed by atoms with Crippen molar-refractivity contribution in [2.75, 3.05) is 13.1 Å². The lowest BCUT2D eigenvalue weighted by Gasteiger charge is -2.34. The molecule has 34 heavy (non-hydrogen) atoms. The minimum atomic E-state index is -4.39. The number of aromatic amines is 1. The van der Waals surface area contributed by atoms with Crippen LogP contribution in [0.5, 0.6) is 0 Å². The van der Waals surface area contributed by atoms with Crippen LogP contribution in [0.3, 0.4) is 0 Å². The molecule has 0 radical (unpaired) electrons. The molecular formula is C23H26F3N7S. The second-order valence-electron chi connectivity index (χ2n) is 9.13. The van der Waals surface area contributed by atoms with E-state index in [9.17, 15) is 13.2 Å². The van der Waals surface area contributed by atoms with E-state index < -0.39 is 12.6 Å². The van der Waals surface area contributed by atoms with Gasteiger partial charge >= 0.3 is 6.18 Å². The maximum atomic E-state index is 13.6. The van der Waals surface area contributed by atoms with Gasteiger partial charge in [-0.15, -0.1) is 11.3 Å². The van der Waals surface area contributed by atoms with Gasteiger partial charge in [0.15, 0.2) is 5.65 Å². The largest absolute Gasteiger partial charge is 0.393 e. The summed E-state index contributed by atoms with van der Waals surface area (Å²) >= 11 is 1.46. The fourth-order valence-corrected chi connectivity index (χ4v) is 5.78. The fourth-order valence-electron chi connectivity index (χ4n) is 4.67. The van der Waals surface area contributed by atoms with Gasteiger partial charge in [0.1, 0.15) is 11.3 Å². The Morgan fingerprint density at radius 2 is 1.97 bits per heavy atom. The first-order valence-electron chi connectivity index (χ1n) is 11.3. The van der Waals surface area contributed by atoms with Crippen LogP contribution in [-0.4, -0.2) is 60.0 Å². The number of alkyl halides is 3. The Morgan fingerprint density at radius 3 is 2.68 bits per heavy atom. The van der Waals surface area contributed by atoms with Crippen LogP contribution in [0.15, 0.2) is 24.8 Å². The highest BCUT2D eigenvalue weighted by Gasteiger charge is 2.33. The number of aryl methyl sites for hydroxylation is 1. The Labute approximate surface area is 199 Å². The molecule has 180 valence electrons. The van der Waals surface area contributed by atoms with Crippen LogP contribution in [0.2, 0.25) is 0 Å². The molecule has 0 spiro atoms. The maximum Gasteiger partial charge on any atom is 0.393 e. The summed E-state index contributed by atoms with van der Waals surface area (Å²) < 4.78 is 42.4. The standard InChI is InChI=1S/C23H26F3N7S/c1-13(2)32-6-4-15(5-7-32)18-10-27-22(34-18)20-17(9-23(24,25)26)19(30-31-20)16-8-14(3)21-28-12-29-33(21)11-16/h8,10-13,15H,4-7,9H2,1-3H3,(H,30,31). The number of thiazole rings is 1. The van der Waals surface area contributed by atoms with E-state index in [1.54, 1.807) is 16.8 Å². The summed E-state index contributed by atoms with van der Waals surface area (Å²) in [4.78, 5) is 12.3. The minimum Gasteiger partial charge on any atom is -0.301 e. The quantitative estimate of drug-likeness (QED) is 0.415. The predicted octanol–water partition coefficient (Wildman–Crippen LogP) is 5.24.